The van der Waals surface area contributed by atoms with Gasteiger partial charge >= 0.3 is 0 Å². The van der Waals surface area contributed by atoms with Crippen LogP contribution in [0.25, 0.3) is 0 Å². The van der Waals surface area contributed by atoms with Crippen LogP contribution >= 0.6 is 0 Å². The first-order chi connectivity index (χ1) is 7.36. The van der Waals surface area contributed by atoms with Gasteiger partial charge in [-0.2, -0.15) is 0 Å². The Balaban J connectivity index is 1.69. The van der Waals surface area contributed by atoms with Crippen molar-refractivity contribution in [2.75, 3.05) is 13.1 Å². The van der Waals surface area contributed by atoms with Gasteiger partial charge in [-0.3, -0.25) is 4.79 Å². The molecular weight excluding hydrogens is 188 g/mol. The quantitative estimate of drug-likeness (QED) is 0.684. The second kappa shape index (κ2) is 5.31. The van der Waals surface area contributed by atoms with Crippen LogP contribution in [0, 0.1) is 5.92 Å². The predicted octanol–water partition coefficient (Wildman–Crippen LogP) is 1.21. The lowest BCUT2D eigenvalue weighted by atomic mass is 9.93. The van der Waals surface area contributed by atoms with Crippen LogP contribution in [0.1, 0.15) is 32.1 Å². The molecule has 0 bridgehead atoms. The SMILES string of the molecule is O=C(NCC1CCCN1)C1CC=CCC1. The van der Waals surface area contributed by atoms with Crippen LogP contribution in [-0.2, 0) is 4.79 Å². The van der Waals surface area contributed by atoms with E-state index in [0.29, 0.717) is 6.04 Å². The Bertz CT molecular complexity index is 244. The minimum absolute atomic E-state index is 0.219. The summed E-state index contributed by atoms with van der Waals surface area (Å²) in [5, 5.41) is 6.45. The Hall–Kier alpha value is -0.830. The molecule has 0 spiro atoms. The smallest absolute Gasteiger partial charge is 0.223 e. The van der Waals surface area contributed by atoms with Crippen LogP contribution in [0.15, 0.2) is 12.2 Å². The summed E-state index contributed by atoms with van der Waals surface area (Å²) in [6.45, 7) is 1.91. The third-order valence-electron chi connectivity index (χ3n) is 3.32. The minimum Gasteiger partial charge on any atom is -0.354 e. The van der Waals surface area contributed by atoms with Gasteiger partial charge in [0.25, 0.3) is 0 Å². The lowest BCUT2D eigenvalue weighted by Crippen LogP contribution is -2.40. The molecule has 84 valence electrons. The van der Waals surface area contributed by atoms with E-state index >= 15 is 0 Å². The minimum atomic E-state index is 0.219. The number of hydrogen-bond acceptors (Lipinski definition) is 2. The fourth-order valence-electron chi connectivity index (χ4n) is 2.33. The molecule has 1 heterocycles. The molecule has 2 N–H and O–H groups in total. The molecule has 1 fully saturated rings. The summed E-state index contributed by atoms with van der Waals surface area (Å²) >= 11 is 0. The van der Waals surface area contributed by atoms with E-state index in [1.54, 1.807) is 0 Å². The molecule has 2 aliphatic rings. The molecule has 0 aromatic rings. The van der Waals surface area contributed by atoms with E-state index < -0.39 is 0 Å². The van der Waals surface area contributed by atoms with Gasteiger partial charge in [0.2, 0.25) is 5.91 Å². The van der Waals surface area contributed by atoms with Gasteiger partial charge in [0.1, 0.15) is 0 Å². The largest absolute Gasteiger partial charge is 0.354 e. The van der Waals surface area contributed by atoms with Crippen molar-refractivity contribution in [1.82, 2.24) is 10.6 Å². The van der Waals surface area contributed by atoms with E-state index in [-0.39, 0.29) is 11.8 Å². The summed E-state index contributed by atoms with van der Waals surface area (Å²) in [4.78, 5) is 11.8. The van der Waals surface area contributed by atoms with E-state index in [2.05, 4.69) is 22.8 Å². The number of rotatable bonds is 3. The zero-order chi connectivity index (χ0) is 10.5. The Morgan fingerprint density at radius 3 is 3.00 bits per heavy atom. The number of hydrogen-bond donors (Lipinski definition) is 2. The molecule has 2 atom stereocenters. The highest BCUT2D eigenvalue weighted by molar-refractivity contribution is 5.79. The monoisotopic (exact) mass is 208 g/mol. The summed E-state index contributed by atoms with van der Waals surface area (Å²) < 4.78 is 0. The van der Waals surface area contributed by atoms with Crippen LogP contribution in [0.5, 0.6) is 0 Å². The third kappa shape index (κ3) is 3.06. The Morgan fingerprint density at radius 2 is 2.33 bits per heavy atom. The van der Waals surface area contributed by atoms with Gasteiger partial charge in [-0.15, -0.1) is 0 Å². The highest BCUT2D eigenvalue weighted by atomic mass is 16.1. The molecule has 0 aromatic carbocycles. The van der Waals surface area contributed by atoms with E-state index in [9.17, 15) is 4.79 Å². The first-order valence-electron chi connectivity index (χ1n) is 6.02. The molecule has 1 amide bonds. The number of carbonyl (C=O) groups is 1. The highest BCUT2D eigenvalue weighted by Gasteiger charge is 2.20. The maximum absolute atomic E-state index is 11.8. The van der Waals surface area contributed by atoms with Gasteiger partial charge in [-0.25, -0.2) is 0 Å². The van der Waals surface area contributed by atoms with Crippen molar-refractivity contribution in [3.05, 3.63) is 12.2 Å². The molecular formula is C12H20N2O. The van der Waals surface area contributed by atoms with Crippen molar-refractivity contribution in [3.63, 3.8) is 0 Å². The third-order valence-corrected chi connectivity index (χ3v) is 3.32. The lowest BCUT2D eigenvalue weighted by molar-refractivity contribution is -0.125. The van der Waals surface area contributed by atoms with E-state index in [1.165, 1.54) is 12.8 Å². The number of nitrogens with one attached hydrogen (secondary N) is 2. The standard InChI is InChI=1S/C12H20N2O/c15-12(10-5-2-1-3-6-10)14-9-11-7-4-8-13-11/h1-2,10-11,13H,3-9H2,(H,14,15). The van der Waals surface area contributed by atoms with Crippen molar-refractivity contribution < 1.29 is 4.79 Å². The predicted molar refractivity (Wildman–Crippen MR) is 60.5 cm³/mol. The average Bonchev–Trinajstić information content (AvgIpc) is 2.80. The van der Waals surface area contributed by atoms with E-state index in [4.69, 9.17) is 0 Å². The summed E-state index contributed by atoms with van der Waals surface area (Å²) in [6.07, 6.45) is 9.73. The first-order valence-corrected chi connectivity index (χ1v) is 6.02. The van der Waals surface area contributed by atoms with Gasteiger partial charge in [-0.05, 0) is 38.6 Å². The molecule has 0 aromatic heterocycles. The molecule has 1 aliphatic heterocycles. The number of carbonyl (C=O) groups excluding carboxylic acids is 1. The fourth-order valence-corrected chi connectivity index (χ4v) is 2.33. The van der Waals surface area contributed by atoms with Crippen molar-refractivity contribution >= 4 is 5.91 Å². The molecule has 3 nitrogen and oxygen atoms in total. The second-order valence-electron chi connectivity index (χ2n) is 4.52. The molecule has 15 heavy (non-hydrogen) atoms. The Morgan fingerprint density at radius 1 is 1.40 bits per heavy atom. The normalized spacial score (nSPS) is 30.4. The van der Waals surface area contributed by atoms with Crippen molar-refractivity contribution in [1.29, 1.82) is 0 Å². The zero-order valence-electron chi connectivity index (χ0n) is 9.17. The van der Waals surface area contributed by atoms with Gasteiger partial charge in [0.05, 0.1) is 0 Å². The number of amides is 1. The van der Waals surface area contributed by atoms with Gasteiger partial charge in [0, 0.05) is 18.5 Å². The molecule has 0 saturated carbocycles. The molecule has 0 radical (unpaired) electrons. The van der Waals surface area contributed by atoms with Crippen LogP contribution in [0.4, 0.5) is 0 Å². The summed E-state index contributed by atoms with van der Waals surface area (Å²) in [5.41, 5.74) is 0. The number of allylic oxidation sites excluding steroid dienone is 2. The highest BCUT2D eigenvalue weighted by Crippen LogP contribution is 2.18. The van der Waals surface area contributed by atoms with Gasteiger partial charge in [-0.1, -0.05) is 12.2 Å². The zero-order valence-corrected chi connectivity index (χ0v) is 9.17. The maximum atomic E-state index is 11.8. The molecule has 2 unspecified atom stereocenters. The first kappa shape index (κ1) is 10.7. The maximum Gasteiger partial charge on any atom is 0.223 e. The van der Waals surface area contributed by atoms with Crippen LogP contribution in [0.3, 0.4) is 0 Å². The Labute approximate surface area is 91.3 Å². The van der Waals surface area contributed by atoms with Crippen molar-refractivity contribution in [2.45, 2.75) is 38.1 Å². The Kier molecular flexibility index (Phi) is 3.78. The van der Waals surface area contributed by atoms with Crippen LogP contribution in [0.2, 0.25) is 0 Å². The van der Waals surface area contributed by atoms with Gasteiger partial charge in [0.15, 0.2) is 0 Å². The summed E-state index contributed by atoms with van der Waals surface area (Å²) in [6, 6.07) is 0.507. The van der Waals surface area contributed by atoms with E-state index in [1.807, 2.05) is 0 Å². The fraction of sp³-hybridized carbons (Fsp3) is 0.750. The summed E-state index contributed by atoms with van der Waals surface area (Å²) in [7, 11) is 0. The van der Waals surface area contributed by atoms with E-state index in [0.717, 1.165) is 32.4 Å². The van der Waals surface area contributed by atoms with Crippen LogP contribution in [-0.4, -0.2) is 25.0 Å². The lowest BCUT2D eigenvalue weighted by Gasteiger charge is -2.19. The average molecular weight is 208 g/mol. The summed E-state index contributed by atoms with van der Waals surface area (Å²) in [5.74, 6) is 0.462. The van der Waals surface area contributed by atoms with Crippen molar-refractivity contribution in [2.24, 2.45) is 5.92 Å². The molecule has 1 aliphatic carbocycles. The molecule has 1 saturated heterocycles. The topological polar surface area (TPSA) is 41.1 Å². The van der Waals surface area contributed by atoms with Crippen molar-refractivity contribution in [3.8, 4) is 0 Å². The second-order valence-corrected chi connectivity index (χ2v) is 4.52. The molecule has 3 heteroatoms. The van der Waals surface area contributed by atoms with Crippen LogP contribution < -0.4 is 10.6 Å². The van der Waals surface area contributed by atoms with Gasteiger partial charge < -0.3 is 10.6 Å². The molecule has 2 rings (SSSR count).